The van der Waals surface area contributed by atoms with Gasteiger partial charge in [0.15, 0.2) is 0 Å². The van der Waals surface area contributed by atoms with Crippen molar-refractivity contribution in [2.45, 2.75) is 17.1 Å². The van der Waals surface area contributed by atoms with Crippen molar-refractivity contribution in [3.8, 4) is 0 Å². The van der Waals surface area contributed by atoms with Crippen LogP contribution in [0.3, 0.4) is 0 Å². The van der Waals surface area contributed by atoms with E-state index in [0.29, 0.717) is 48.4 Å². The van der Waals surface area contributed by atoms with Gasteiger partial charge in [-0.05, 0) is 53.0 Å². The fourth-order valence-corrected chi connectivity index (χ4v) is 8.00. The maximum absolute atomic E-state index is 13.1. The van der Waals surface area contributed by atoms with E-state index in [-0.39, 0.29) is 18.4 Å². The number of halogens is 2. The Kier molecular flexibility index (Phi) is 6.74. The summed E-state index contributed by atoms with van der Waals surface area (Å²) in [5.74, 6) is -0.232. The molecule has 1 atom stereocenters. The summed E-state index contributed by atoms with van der Waals surface area (Å²) in [5, 5.41) is 0.714. The molecule has 2 fully saturated rings. The molecule has 4 rings (SSSR count). The highest BCUT2D eigenvalue weighted by Gasteiger charge is 2.36. The van der Waals surface area contributed by atoms with E-state index in [1.165, 1.54) is 15.6 Å². The first kappa shape index (κ1) is 22.1. The van der Waals surface area contributed by atoms with E-state index in [9.17, 15) is 13.2 Å². The van der Waals surface area contributed by atoms with Crippen molar-refractivity contribution in [2.75, 3.05) is 44.2 Å². The normalized spacial score (nSPS) is 21.1. The van der Waals surface area contributed by atoms with Crippen LogP contribution in [0.15, 0.2) is 44.4 Å². The summed E-state index contributed by atoms with van der Waals surface area (Å²) < 4.78 is 28.5. The van der Waals surface area contributed by atoms with Gasteiger partial charge in [0, 0.05) is 39.3 Å². The molecule has 2 saturated heterocycles. The number of nitrogens with zero attached hydrogens (tertiary/aromatic N) is 3. The Morgan fingerprint density at radius 3 is 2.47 bits per heavy atom. The topological polar surface area (TPSA) is 60.9 Å². The van der Waals surface area contributed by atoms with Crippen LogP contribution in [-0.4, -0.2) is 62.8 Å². The average molecular weight is 533 g/mol. The number of piperidine rings is 1. The highest BCUT2D eigenvalue weighted by Crippen LogP contribution is 2.32. The zero-order valence-corrected chi connectivity index (χ0v) is 20.3. The molecule has 1 amide bonds. The van der Waals surface area contributed by atoms with Crippen molar-refractivity contribution in [3.05, 3.63) is 45.2 Å². The van der Waals surface area contributed by atoms with E-state index in [0.717, 1.165) is 15.9 Å². The summed E-state index contributed by atoms with van der Waals surface area (Å²) in [5.41, 5.74) is 0.989. The van der Waals surface area contributed by atoms with Crippen molar-refractivity contribution in [3.63, 3.8) is 0 Å². The third-order valence-electron chi connectivity index (χ3n) is 5.66. The first-order valence-electron chi connectivity index (χ1n) is 9.90. The largest absolute Gasteiger partial charge is 0.367 e. The molecule has 2 aliphatic heterocycles. The minimum absolute atomic E-state index is 0.0565. The Labute approximate surface area is 194 Å². The Morgan fingerprint density at radius 1 is 1.07 bits per heavy atom. The number of hydrogen-bond donors (Lipinski definition) is 0. The molecule has 0 aliphatic carbocycles. The molecule has 3 heterocycles. The van der Waals surface area contributed by atoms with Gasteiger partial charge in [0.2, 0.25) is 5.91 Å². The number of carbonyl (C=O) groups excluding carboxylic acids is 1. The smallest absolute Gasteiger partial charge is 0.252 e. The highest BCUT2D eigenvalue weighted by atomic mass is 79.9. The monoisotopic (exact) mass is 531 g/mol. The third kappa shape index (κ3) is 4.55. The zero-order valence-electron chi connectivity index (χ0n) is 16.3. The van der Waals surface area contributed by atoms with E-state index in [2.05, 4.69) is 20.8 Å². The van der Waals surface area contributed by atoms with Gasteiger partial charge in [0.05, 0.1) is 20.4 Å². The van der Waals surface area contributed by atoms with Crippen LogP contribution in [0.1, 0.15) is 12.8 Å². The first-order valence-corrected chi connectivity index (χ1v) is 13.3. The van der Waals surface area contributed by atoms with Gasteiger partial charge in [-0.2, -0.15) is 4.31 Å². The number of amides is 1. The molecule has 162 valence electrons. The van der Waals surface area contributed by atoms with Crippen LogP contribution in [0.5, 0.6) is 0 Å². The summed E-state index contributed by atoms with van der Waals surface area (Å²) in [6.07, 6.45) is 1.42. The number of carbonyl (C=O) groups is 1. The second kappa shape index (κ2) is 9.16. The Bertz CT molecular complexity index is 1020. The molecule has 2 aliphatic rings. The van der Waals surface area contributed by atoms with Gasteiger partial charge in [-0.25, -0.2) is 8.42 Å². The predicted molar refractivity (Wildman–Crippen MR) is 124 cm³/mol. The van der Waals surface area contributed by atoms with Crippen LogP contribution in [0.2, 0.25) is 5.02 Å². The average Bonchev–Trinajstić information content (AvgIpc) is 3.21. The molecule has 0 unspecified atom stereocenters. The van der Waals surface area contributed by atoms with E-state index < -0.39 is 10.0 Å². The predicted octanol–water partition coefficient (Wildman–Crippen LogP) is 3.91. The SMILES string of the molecule is O=C([C@H]1CCCN(S(=O)(=O)c2ccc(Br)s2)C1)N1CCN(c2ccccc2Cl)CC1. The summed E-state index contributed by atoms with van der Waals surface area (Å²) in [7, 11) is -3.56. The number of sulfonamides is 1. The molecule has 6 nitrogen and oxygen atoms in total. The standard InChI is InChI=1S/C20H23BrClN3O3S2/c21-18-7-8-19(29-18)30(27,28)25-9-3-4-15(14-25)20(26)24-12-10-23(11-13-24)17-6-2-1-5-16(17)22/h1-2,5-8,15H,3-4,9-14H2/t15-/m0/s1. The second-order valence-electron chi connectivity index (χ2n) is 7.52. The van der Waals surface area contributed by atoms with E-state index in [1.807, 2.05) is 29.2 Å². The van der Waals surface area contributed by atoms with Crippen LogP contribution in [0, 0.1) is 5.92 Å². The van der Waals surface area contributed by atoms with Gasteiger partial charge < -0.3 is 9.80 Å². The second-order valence-corrected chi connectivity index (χ2v) is 12.6. The fourth-order valence-electron chi connectivity index (χ4n) is 4.06. The number of anilines is 1. The van der Waals surface area contributed by atoms with Crippen molar-refractivity contribution < 1.29 is 13.2 Å². The van der Waals surface area contributed by atoms with Crippen molar-refractivity contribution in [1.29, 1.82) is 0 Å². The van der Waals surface area contributed by atoms with Crippen LogP contribution < -0.4 is 4.90 Å². The number of piperazine rings is 1. The zero-order chi connectivity index (χ0) is 21.3. The summed E-state index contributed by atoms with van der Waals surface area (Å²) >= 11 is 10.8. The molecule has 0 bridgehead atoms. The van der Waals surface area contributed by atoms with E-state index in [1.54, 1.807) is 12.1 Å². The summed E-state index contributed by atoms with van der Waals surface area (Å²) in [6, 6.07) is 11.1. The lowest BCUT2D eigenvalue weighted by molar-refractivity contribution is -0.137. The molecule has 1 aromatic heterocycles. The summed E-state index contributed by atoms with van der Waals surface area (Å²) in [6.45, 7) is 3.38. The third-order valence-corrected chi connectivity index (χ3v) is 9.94. The van der Waals surface area contributed by atoms with Gasteiger partial charge in [0.1, 0.15) is 4.21 Å². The minimum atomic E-state index is -3.56. The van der Waals surface area contributed by atoms with Gasteiger partial charge in [-0.3, -0.25) is 4.79 Å². The first-order chi connectivity index (χ1) is 14.4. The minimum Gasteiger partial charge on any atom is -0.367 e. The Morgan fingerprint density at radius 2 is 1.80 bits per heavy atom. The van der Waals surface area contributed by atoms with E-state index >= 15 is 0 Å². The Balaban J connectivity index is 1.39. The molecule has 30 heavy (non-hydrogen) atoms. The van der Waals surface area contributed by atoms with Crippen molar-refractivity contribution in [2.24, 2.45) is 5.92 Å². The van der Waals surface area contributed by atoms with Crippen molar-refractivity contribution in [1.82, 2.24) is 9.21 Å². The fraction of sp³-hybridized carbons (Fsp3) is 0.450. The lowest BCUT2D eigenvalue weighted by atomic mass is 9.97. The number of rotatable bonds is 4. The molecule has 10 heteroatoms. The van der Waals surface area contributed by atoms with Crippen LogP contribution >= 0.6 is 38.9 Å². The quantitative estimate of drug-likeness (QED) is 0.599. The van der Waals surface area contributed by atoms with Crippen molar-refractivity contribution >= 4 is 60.5 Å². The van der Waals surface area contributed by atoms with Gasteiger partial charge >= 0.3 is 0 Å². The summed E-state index contributed by atoms with van der Waals surface area (Å²) in [4.78, 5) is 17.2. The van der Waals surface area contributed by atoms with E-state index in [4.69, 9.17) is 11.6 Å². The molecule has 0 saturated carbocycles. The maximum atomic E-state index is 13.1. The van der Waals surface area contributed by atoms with Crippen LogP contribution in [0.25, 0.3) is 0 Å². The number of hydrogen-bond acceptors (Lipinski definition) is 5. The molecular weight excluding hydrogens is 510 g/mol. The number of benzene rings is 1. The molecule has 0 spiro atoms. The Hall–Kier alpha value is -1.13. The molecular formula is C20H23BrClN3O3S2. The lowest BCUT2D eigenvalue weighted by Crippen LogP contribution is -2.53. The number of thiophene rings is 1. The maximum Gasteiger partial charge on any atom is 0.252 e. The van der Waals surface area contributed by atoms with Crippen LogP contribution in [-0.2, 0) is 14.8 Å². The van der Waals surface area contributed by atoms with Gasteiger partial charge in [0.25, 0.3) is 10.0 Å². The number of para-hydroxylation sites is 1. The lowest BCUT2D eigenvalue weighted by Gasteiger charge is -2.39. The van der Waals surface area contributed by atoms with Gasteiger partial charge in [-0.1, -0.05) is 23.7 Å². The molecule has 0 N–H and O–H groups in total. The molecule has 0 radical (unpaired) electrons. The van der Waals surface area contributed by atoms with Crippen LogP contribution in [0.4, 0.5) is 5.69 Å². The van der Waals surface area contributed by atoms with Gasteiger partial charge in [-0.15, -0.1) is 11.3 Å². The molecule has 1 aromatic carbocycles. The molecule has 2 aromatic rings. The highest BCUT2D eigenvalue weighted by molar-refractivity contribution is 9.11.